The highest BCUT2D eigenvalue weighted by Crippen LogP contribution is 2.29. The molecular formula is C28H31F3N2O6. The van der Waals surface area contributed by atoms with Gasteiger partial charge in [0.15, 0.2) is 11.6 Å². The van der Waals surface area contributed by atoms with Gasteiger partial charge in [-0.15, -0.1) is 0 Å². The number of methoxy groups -OCH3 is 1. The van der Waals surface area contributed by atoms with Gasteiger partial charge in [0.05, 0.1) is 25.8 Å². The first-order chi connectivity index (χ1) is 18.3. The number of hydrogen-bond donors (Lipinski definition) is 2. The molecule has 0 saturated carbocycles. The molecule has 11 heteroatoms. The fourth-order valence-corrected chi connectivity index (χ4v) is 4.05. The Hall–Kier alpha value is -3.73. The Morgan fingerprint density at radius 2 is 1.56 bits per heavy atom. The smallest absolute Gasteiger partial charge is 0.471 e. The monoisotopic (exact) mass is 548 g/mol. The summed E-state index contributed by atoms with van der Waals surface area (Å²) in [6, 6.07) is 13.3. The summed E-state index contributed by atoms with van der Waals surface area (Å²) in [5.74, 6) is -4.40. The molecule has 1 heterocycles. The number of epoxide rings is 1. The van der Waals surface area contributed by atoms with E-state index in [-0.39, 0.29) is 25.2 Å². The van der Waals surface area contributed by atoms with Crippen LogP contribution in [0.1, 0.15) is 31.4 Å². The third-order valence-electron chi connectivity index (χ3n) is 6.56. The first kappa shape index (κ1) is 29.8. The topological polar surface area (TPSA) is 114 Å². The largest absolute Gasteiger partial charge is 0.497 e. The Kier molecular flexibility index (Phi) is 9.49. The lowest BCUT2D eigenvalue weighted by Gasteiger charge is -2.24. The van der Waals surface area contributed by atoms with Crippen LogP contribution in [0.4, 0.5) is 13.2 Å². The van der Waals surface area contributed by atoms with E-state index in [1.54, 1.807) is 48.6 Å². The second kappa shape index (κ2) is 12.4. The van der Waals surface area contributed by atoms with Crippen LogP contribution in [0.3, 0.4) is 0 Å². The molecule has 2 aromatic carbocycles. The number of benzene rings is 2. The molecule has 0 unspecified atom stereocenters. The van der Waals surface area contributed by atoms with Crippen LogP contribution in [0.5, 0.6) is 5.75 Å². The summed E-state index contributed by atoms with van der Waals surface area (Å²) in [7, 11) is 1.49. The van der Waals surface area contributed by atoms with Crippen molar-refractivity contribution in [2.24, 2.45) is 5.92 Å². The van der Waals surface area contributed by atoms with Gasteiger partial charge in [-0.1, -0.05) is 42.5 Å². The minimum absolute atomic E-state index is 0.0571. The average molecular weight is 549 g/mol. The number of carbonyl (C=O) groups excluding carboxylic acids is 4. The zero-order valence-corrected chi connectivity index (χ0v) is 21.8. The maximum absolute atomic E-state index is 13.5. The van der Waals surface area contributed by atoms with Gasteiger partial charge < -0.3 is 20.1 Å². The number of Topliss-reactive ketones (excluding diaryl/α,β-unsaturated/α-hetero) is 2. The van der Waals surface area contributed by atoms with Crippen LogP contribution in [-0.4, -0.2) is 61.0 Å². The van der Waals surface area contributed by atoms with E-state index in [1.807, 2.05) is 18.2 Å². The van der Waals surface area contributed by atoms with Crippen molar-refractivity contribution >= 4 is 23.4 Å². The van der Waals surface area contributed by atoms with Gasteiger partial charge in [-0.25, -0.2) is 0 Å². The van der Waals surface area contributed by atoms with Gasteiger partial charge in [0.25, 0.3) is 0 Å². The summed E-state index contributed by atoms with van der Waals surface area (Å²) in [5.41, 5.74) is 0.440. The predicted molar refractivity (Wildman–Crippen MR) is 135 cm³/mol. The molecule has 0 aliphatic carbocycles. The highest BCUT2D eigenvalue weighted by atomic mass is 19.4. The van der Waals surface area contributed by atoms with E-state index in [4.69, 9.17) is 9.47 Å². The summed E-state index contributed by atoms with van der Waals surface area (Å²) in [4.78, 5) is 50.8. The van der Waals surface area contributed by atoms with Crippen molar-refractivity contribution in [1.82, 2.24) is 10.6 Å². The zero-order valence-electron chi connectivity index (χ0n) is 21.8. The van der Waals surface area contributed by atoms with Gasteiger partial charge in [-0.2, -0.15) is 13.2 Å². The van der Waals surface area contributed by atoms with Crippen LogP contribution in [0, 0.1) is 5.92 Å². The molecule has 1 fully saturated rings. The molecule has 1 aliphatic rings. The number of halogens is 3. The lowest BCUT2D eigenvalue weighted by atomic mass is 9.89. The van der Waals surface area contributed by atoms with Crippen LogP contribution < -0.4 is 15.4 Å². The zero-order chi connectivity index (χ0) is 28.8. The number of ether oxygens (including phenoxy) is 2. The van der Waals surface area contributed by atoms with Crippen molar-refractivity contribution in [3.63, 3.8) is 0 Å². The van der Waals surface area contributed by atoms with Crippen molar-refractivity contribution in [3.05, 3.63) is 65.7 Å². The summed E-state index contributed by atoms with van der Waals surface area (Å²) < 4.78 is 48.5. The summed E-state index contributed by atoms with van der Waals surface area (Å²) >= 11 is 0. The van der Waals surface area contributed by atoms with Gasteiger partial charge in [0.2, 0.25) is 5.91 Å². The van der Waals surface area contributed by atoms with E-state index in [0.717, 1.165) is 12.5 Å². The Labute approximate surface area is 224 Å². The highest BCUT2D eigenvalue weighted by molar-refractivity contribution is 5.98. The number of rotatable bonds is 13. The lowest BCUT2D eigenvalue weighted by molar-refractivity contribution is -0.174. The van der Waals surface area contributed by atoms with E-state index in [9.17, 15) is 32.3 Å². The van der Waals surface area contributed by atoms with Crippen molar-refractivity contribution < 1.29 is 41.8 Å². The maximum atomic E-state index is 13.5. The number of nitrogens with one attached hydrogen (secondary N) is 2. The molecule has 0 aromatic heterocycles. The molecule has 8 nitrogen and oxygen atoms in total. The van der Waals surface area contributed by atoms with Gasteiger partial charge in [0.1, 0.15) is 11.4 Å². The lowest BCUT2D eigenvalue weighted by Crippen LogP contribution is -2.50. The van der Waals surface area contributed by atoms with E-state index in [1.165, 1.54) is 7.11 Å². The van der Waals surface area contributed by atoms with Crippen molar-refractivity contribution in [2.75, 3.05) is 13.7 Å². The number of carbonyl (C=O) groups is 4. The quantitative estimate of drug-likeness (QED) is 0.372. The first-order valence-electron chi connectivity index (χ1n) is 12.4. The van der Waals surface area contributed by atoms with Crippen LogP contribution in [0.2, 0.25) is 0 Å². The average Bonchev–Trinajstić information content (AvgIpc) is 3.66. The molecule has 4 atom stereocenters. The molecular weight excluding hydrogens is 517 g/mol. The van der Waals surface area contributed by atoms with E-state index < -0.39 is 53.8 Å². The van der Waals surface area contributed by atoms with Gasteiger partial charge in [-0.05, 0) is 49.9 Å². The number of amides is 2. The fourth-order valence-electron chi connectivity index (χ4n) is 4.05. The molecule has 2 aromatic rings. The molecule has 1 saturated heterocycles. The standard InChI is InChI=1S/C28H31F3N2O6/c1-17(32-26(37)28(29,30)31)23(34)15-20(13-19-9-11-21(38-3)12-10-19)25(36)33-22(24(35)27(2)16-39-27)14-18-7-5-4-6-8-18/h4-12,17,20,22H,13-16H2,1-3H3,(H,32,37)(H,33,36)/t17-,20+,22-,27+/m0/s1. The summed E-state index contributed by atoms with van der Waals surface area (Å²) in [5, 5.41) is 4.38. The highest BCUT2D eigenvalue weighted by Gasteiger charge is 2.50. The van der Waals surface area contributed by atoms with E-state index in [2.05, 4.69) is 5.32 Å². The summed E-state index contributed by atoms with van der Waals surface area (Å²) in [6.45, 7) is 2.97. The fraction of sp³-hybridized carbons (Fsp3) is 0.429. The molecule has 0 spiro atoms. The molecule has 3 rings (SSSR count). The van der Waals surface area contributed by atoms with Crippen LogP contribution in [0.15, 0.2) is 54.6 Å². The predicted octanol–water partition coefficient (Wildman–Crippen LogP) is 2.97. The molecule has 39 heavy (non-hydrogen) atoms. The van der Waals surface area contributed by atoms with Gasteiger partial charge in [-0.3, -0.25) is 19.2 Å². The molecule has 2 N–H and O–H groups in total. The number of ketones is 2. The van der Waals surface area contributed by atoms with Gasteiger partial charge in [0, 0.05) is 12.3 Å². The first-order valence-corrected chi connectivity index (χ1v) is 12.4. The normalized spacial score (nSPS) is 18.8. The molecule has 0 radical (unpaired) electrons. The molecule has 1 aliphatic heterocycles. The second-order valence-corrected chi connectivity index (χ2v) is 9.75. The van der Waals surface area contributed by atoms with Crippen molar-refractivity contribution in [2.45, 2.75) is 57.0 Å². The van der Waals surface area contributed by atoms with Crippen molar-refractivity contribution in [1.29, 1.82) is 0 Å². The van der Waals surface area contributed by atoms with Crippen LogP contribution in [0.25, 0.3) is 0 Å². The molecule has 210 valence electrons. The Bertz CT molecular complexity index is 1180. The molecule has 0 bridgehead atoms. The third kappa shape index (κ3) is 8.38. The van der Waals surface area contributed by atoms with Crippen LogP contribution >= 0.6 is 0 Å². The minimum Gasteiger partial charge on any atom is -0.497 e. The third-order valence-corrected chi connectivity index (χ3v) is 6.56. The molecule has 2 amide bonds. The number of hydrogen-bond acceptors (Lipinski definition) is 6. The maximum Gasteiger partial charge on any atom is 0.471 e. The second-order valence-electron chi connectivity index (χ2n) is 9.75. The Morgan fingerprint density at radius 1 is 0.974 bits per heavy atom. The van der Waals surface area contributed by atoms with Crippen LogP contribution in [-0.2, 0) is 36.8 Å². The number of alkyl halides is 3. The Balaban J connectivity index is 1.81. The SMILES string of the molecule is COc1ccc(C[C@H](CC(=O)[C@H](C)NC(=O)C(F)(F)F)C(=O)N[C@@H](Cc2ccccc2)C(=O)[C@@]2(C)CO2)cc1. The Morgan fingerprint density at radius 3 is 2.10 bits per heavy atom. The van der Waals surface area contributed by atoms with E-state index in [0.29, 0.717) is 11.3 Å². The minimum atomic E-state index is -5.15. The van der Waals surface area contributed by atoms with Gasteiger partial charge >= 0.3 is 12.1 Å². The summed E-state index contributed by atoms with van der Waals surface area (Å²) in [6.07, 6.45) is -5.37. The van der Waals surface area contributed by atoms with E-state index >= 15 is 0 Å². The van der Waals surface area contributed by atoms with Crippen molar-refractivity contribution in [3.8, 4) is 5.75 Å².